The van der Waals surface area contributed by atoms with Crippen LogP contribution in [0.15, 0.2) is 54.7 Å². The van der Waals surface area contributed by atoms with E-state index in [1.165, 1.54) is 31.2 Å². The predicted molar refractivity (Wildman–Crippen MR) is 126 cm³/mol. The van der Waals surface area contributed by atoms with Crippen LogP contribution >= 0.6 is 0 Å². The molecule has 0 spiro atoms. The van der Waals surface area contributed by atoms with Crippen molar-refractivity contribution in [2.75, 3.05) is 10.6 Å². The second-order valence-electron chi connectivity index (χ2n) is 8.57. The van der Waals surface area contributed by atoms with E-state index in [-0.39, 0.29) is 11.8 Å². The van der Waals surface area contributed by atoms with Crippen LogP contribution in [0, 0.1) is 0 Å². The van der Waals surface area contributed by atoms with Gasteiger partial charge in [0.05, 0.1) is 0 Å². The lowest BCUT2D eigenvalue weighted by Crippen LogP contribution is -2.13. The lowest BCUT2D eigenvalue weighted by atomic mass is 9.98. The molecule has 1 heterocycles. The molecule has 7 heteroatoms. The van der Waals surface area contributed by atoms with E-state index < -0.39 is 11.7 Å². The standard InChI is InChI=1S/C26H29F3N4/c1-2-3-8-20-11-6-7-12-23(20)32-24-22(26(27,28)29)17-30-25(33-24)31-21-15-13-19(14-16-21)18-9-4-5-10-18/h6-7,11-18H,2-5,8-10H2,1H3,(H2,30,31,32,33). The summed E-state index contributed by atoms with van der Waals surface area (Å²) in [5.74, 6) is 0.460. The molecule has 2 N–H and O–H groups in total. The van der Waals surface area contributed by atoms with E-state index in [4.69, 9.17) is 0 Å². The number of nitrogens with zero attached hydrogens (tertiary/aromatic N) is 2. The molecule has 3 aromatic rings. The maximum atomic E-state index is 13.7. The highest BCUT2D eigenvalue weighted by atomic mass is 19.4. The Labute approximate surface area is 192 Å². The Morgan fingerprint density at radius 3 is 2.39 bits per heavy atom. The van der Waals surface area contributed by atoms with Gasteiger partial charge in [-0.05, 0) is 60.9 Å². The number of rotatable bonds is 8. The smallest absolute Gasteiger partial charge is 0.339 e. The number of aryl methyl sites for hydroxylation is 1. The Bertz CT molecular complexity index is 1060. The predicted octanol–water partition coefficient (Wildman–Crippen LogP) is 7.98. The fraction of sp³-hybridized carbons (Fsp3) is 0.385. The summed E-state index contributed by atoms with van der Waals surface area (Å²) >= 11 is 0. The molecule has 1 saturated carbocycles. The number of anilines is 4. The lowest BCUT2D eigenvalue weighted by molar-refractivity contribution is -0.137. The molecule has 33 heavy (non-hydrogen) atoms. The number of halogens is 3. The molecule has 4 nitrogen and oxygen atoms in total. The summed E-state index contributed by atoms with van der Waals surface area (Å²) in [5.41, 5.74) is 2.74. The van der Waals surface area contributed by atoms with Crippen molar-refractivity contribution in [2.45, 2.75) is 64.0 Å². The van der Waals surface area contributed by atoms with Gasteiger partial charge in [0, 0.05) is 17.6 Å². The first-order chi connectivity index (χ1) is 15.9. The highest BCUT2D eigenvalue weighted by Crippen LogP contribution is 2.37. The van der Waals surface area contributed by atoms with Gasteiger partial charge < -0.3 is 10.6 Å². The Morgan fingerprint density at radius 1 is 0.970 bits per heavy atom. The normalized spacial score (nSPS) is 14.4. The van der Waals surface area contributed by atoms with E-state index in [9.17, 15) is 13.2 Å². The van der Waals surface area contributed by atoms with Crippen molar-refractivity contribution in [3.8, 4) is 0 Å². The first kappa shape index (κ1) is 23.1. The van der Waals surface area contributed by atoms with Crippen LogP contribution in [-0.4, -0.2) is 9.97 Å². The number of alkyl halides is 3. The average molecular weight is 455 g/mol. The third-order valence-electron chi connectivity index (χ3n) is 6.16. The van der Waals surface area contributed by atoms with E-state index in [0.29, 0.717) is 11.6 Å². The summed E-state index contributed by atoms with van der Waals surface area (Å²) in [5, 5.41) is 5.96. The highest BCUT2D eigenvalue weighted by Gasteiger charge is 2.35. The zero-order chi connectivity index (χ0) is 23.3. The average Bonchev–Trinajstić information content (AvgIpc) is 3.33. The molecule has 0 atom stereocenters. The monoisotopic (exact) mass is 454 g/mol. The zero-order valence-electron chi connectivity index (χ0n) is 18.8. The summed E-state index contributed by atoms with van der Waals surface area (Å²) in [6.07, 6.45) is 3.96. The lowest BCUT2D eigenvalue weighted by Gasteiger charge is -2.17. The van der Waals surface area contributed by atoms with Gasteiger partial charge in [-0.1, -0.05) is 56.5 Å². The molecule has 174 valence electrons. The first-order valence-corrected chi connectivity index (χ1v) is 11.6. The number of nitrogens with one attached hydrogen (secondary N) is 2. The number of para-hydroxylation sites is 1. The van der Waals surface area contributed by atoms with Crippen molar-refractivity contribution in [3.05, 3.63) is 71.4 Å². The van der Waals surface area contributed by atoms with E-state index in [0.717, 1.165) is 36.7 Å². The molecule has 0 aliphatic heterocycles. The van der Waals surface area contributed by atoms with Crippen molar-refractivity contribution < 1.29 is 13.2 Å². The van der Waals surface area contributed by atoms with Gasteiger partial charge in [-0.25, -0.2) is 4.98 Å². The minimum absolute atomic E-state index is 0.116. The number of unbranched alkanes of at least 4 members (excludes halogenated alkanes) is 1. The minimum atomic E-state index is -4.57. The highest BCUT2D eigenvalue weighted by molar-refractivity contribution is 5.65. The van der Waals surface area contributed by atoms with Gasteiger partial charge in [0.1, 0.15) is 11.4 Å². The molecule has 1 aliphatic rings. The maximum absolute atomic E-state index is 13.7. The quantitative estimate of drug-likeness (QED) is 0.362. The summed E-state index contributed by atoms with van der Waals surface area (Å²) in [6.45, 7) is 2.08. The third kappa shape index (κ3) is 5.83. The summed E-state index contributed by atoms with van der Waals surface area (Å²) in [6, 6.07) is 15.4. The zero-order valence-corrected chi connectivity index (χ0v) is 18.8. The maximum Gasteiger partial charge on any atom is 0.421 e. The van der Waals surface area contributed by atoms with Crippen molar-refractivity contribution in [3.63, 3.8) is 0 Å². The second-order valence-corrected chi connectivity index (χ2v) is 8.57. The van der Waals surface area contributed by atoms with Crippen molar-refractivity contribution >= 4 is 23.1 Å². The largest absolute Gasteiger partial charge is 0.421 e. The Hall–Kier alpha value is -3.09. The molecule has 0 unspecified atom stereocenters. The van der Waals surface area contributed by atoms with Crippen molar-refractivity contribution in [1.29, 1.82) is 0 Å². The summed E-state index contributed by atoms with van der Waals surface area (Å²) in [4.78, 5) is 8.13. The Balaban J connectivity index is 1.58. The van der Waals surface area contributed by atoms with Crippen molar-refractivity contribution in [2.24, 2.45) is 0 Å². The van der Waals surface area contributed by atoms with E-state index in [1.54, 1.807) is 12.1 Å². The molecule has 0 saturated heterocycles. The van der Waals surface area contributed by atoms with Crippen LogP contribution in [-0.2, 0) is 12.6 Å². The molecular weight excluding hydrogens is 425 g/mol. The van der Waals surface area contributed by atoms with Crippen molar-refractivity contribution in [1.82, 2.24) is 9.97 Å². The van der Waals surface area contributed by atoms with Crippen LogP contribution < -0.4 is 10.6 Å². The van der Waals surface area contributed by atoms with Gasteiger partial charge in [-0.15, -0.1) is 0 Å². The molecule has 0 amide bonds. The van der Waals surface area contributed by atoms with Gasteiger partial charge in [0.15, 0.2) is 0 Å². The SMILES string of the molecule is CCCCc1ccccc1Nc1nc(Nc2ccc(C3CCCC3)cc2)ncc1C(F)(F)F. The molecule has 1 aliphatic carbocycles. The van der Waals surface area contributed by atoms with E-state index in [1.807, 2.05) is 24.3 Å². The summed E-state index contributed by atoms with van der Waals surface area (Å²) < 4.78 is 41.0. The van der Waals surface area contributed by atoms with Gasteiger partial charge in [-0.3, -0.25) is 0 Å². The summed E-state index contributed by atoms with van der Waals surface area (Å²) in [7, 11) is 0. The van der Waals surface area contributed by atoms with Gasteiger partial charge in [0.2, 0.25) is 5.95 Å². The molecule has 1 aromatic heterocycles. The number of hydrogen-bond donors (Lipinski definition) is 2. The van der Waals surface area contributed by atoms with Gasteiger partial charge in [-0.2, -0.15) is 18.2 Å². The number of benzene rings is 2. The second kappa shape index (κ2) is 10.2. The minimum Gasteiger partial charge on any atom is -0.339 e. The molecule has 0 bridgehead atoms. The van der Waals surface area contributed by atoms with Crippen LogP contribution in [0.3, 0.4) is 0 Å². The number of hydrogen-bond acceptors (Lipinski definition) is 4. The molecule has 4 rings (SSSR count). The molecule has 2 aromatic carbocycles. The van der Waals surface area contributed by atoms with E-state index >= 15 is 0 Å². The molecular formula is C26H29F3N4. The molecule has 0 radical (unpaired) electrons. The van der Waals surface area contributed by atoms with Gasteiger partial charge in [0.25, 0.3) is 0 Å². The third-order valence-corrected chi connectivity index (χ3v) is 6.16. The van der Waals surface area contributed by atoms with Crippen LogP contribution in [0.2, 0.25) is 0 Å². The topological polar surface area (TPSA) is 49.8 Å². The fourth-order valence-electron chi connectivity index (χ4n) is 4.33. The fourth-order valence-corrected chi connectivity index (χ4v) is 4.33. The molecule has 1 fully saturated rings. The van der Waals surface area contributed by atoms with Crippen LogP contribution in [0.5, 0.6) is 0 Å². The van der Waals surface area contributed by atoms with Gasteiger partial charge >= 0.3 is 6.18 Å². The first-order valence-electron chi connectivity index (χ1n) is 11.6. The van der Waals surface area contributed by atoms with Crippen LogP contribution in [0.4, 0.5) is 36.3 Å². The van der Waals surface area contributed by atoms with Crippen LogP contribution in [0.1, 0.15) is 68.1 Å². The van der Waals surface area contributed by atoms with Crippen LogP contribution in [0.25, 0.3) is 0 Å². The van der Waals surface area contributed by atoms with E-state index in [2.05, 4.69) is 39.7 Å². The Morgan fingerprint density at radius 2 is 1.70 bits per heavy atom. The number of aromatic nitrogens is 2. The Kier molecular flexibility index (Phi) is 7.16.